The molecule has 0 bridgehead atoms. The normalized spacial score (nSPS) is 39.9. The maximum atomic E-state index is 12.3. The Hall–Kier alpha value is -2.40. The van der Waals surface area contributed by atoms with Crippen LogP contribution in [-0.2, 0) is 42.9 Å². The van der Waals surface area contributed by atoms with Crippen molar-refractivity contribution < 1.29 is 93.9 Å². The molecule has 0 spiro atoms. The molecule has 17 unspecified atom stereocenters. The van der Waals surface area contributed by atoms with Gasteiger partial charge in [0.2, 0.25) is 0 Å². The van der Waals surface area contributed by atoms with E-state index >= 15 is 0 Å². The molecule has 0 amide bonds. The van der Waals surface area contributed by atoms with E-state index in [4.69, 9.17) is 18.9 Å². The van der Waals surface area contributed by atoms with Gasteiger partial charge in [0.25, 0.3) is 0 Å². The van der Waals surface area contributed by atoms with E-state index in [2.05, 4.69) is 4.74 Å². The van der Waals surface area contributed by atoms with Crippen molar-refractivity contribution in [1.29, 1.82) is 0 Å². The van der Waals surface area contributed by atoms with Gasteiger partial charge in [-0.2, -0.15) is 0 Å². The van der Waals surface area contributed by atoms with Gasteiger partial charge >= 0.3 is 17.9 Å². The summed E-state index contributed by atoms with van der Waals surface area (Å²) >= 11 is 0. The molecule has 0 saturated carbocycles. The predicted octanol–water partition coefficient (Wildman–Crippen LogP) is -3.92. The minimum Gasteiger partial charge on any atom is -0.479 e. The number of aldehydes is 1. The predicted molar refractivity (Wildman–Crippen MR) is 153 cm³/mol. The number of hydrogen-bond donors (Lipinski definition) is 10. The van der Waals surface area contributed by atoms with Crippen molar-refractivity contribution in [2.45, 2.75) is 124 Å². The Balaban J connectivity index is 1.74. The number of carboxylic acids is 3. The van der Waals surface area contributed by atoms with Crippen LogP contribution in [0, 0.1) is 17.8 Å². The Morgan fingerprint density at radius 3 is 1.83 bits per heavy atom. The zero-order valence-corrected chi connectivity index (χ0v) is 26.3. The summed E-state index contributed by atoms with van der Waals surface area (Å²) in [6, 6.07) is 0. The molecule has 3 heterocycles. The summed E-state index contributed by atoms with van der Waals surface area (Å²) in [5.41, 5.74) is 0. The third kappa shape index (κ3) is 9.23. The zero-order chi connectivity index (χ0) is 36.0. The first-order valence-electron chi connectivity index (χ1n) is 15.5. The first-order chi connectivity index (χ1) is 22.6. The average Bonchev–Trinajstić information content (AvgIpc) is 3.04. The smallest absolute Gasteiger partial charge is 0.335 e. The Morgan fingerprint density at radius 1 is 0.750 bits per heavy atom. The van der Waals surface area contributed by atoms with E-state index in [-0.39, 0.29) is 19.3 Å². The van der Waals surface area contributed by atoms with Crippen LogP contribution in [0.1, 0.15) is 38.5 Å². The molecule has 0 aromatic heterocycles. The second-order valence-corrected chi connectivity index (χ2v) is 12.6. The largest absolute Gasteiger partial charge is 0.479 e. The Kier molecular flexibility index (Phi) is 14.6. The molecule has 3 aliphatic heterocycles. The number of aliphatic hydroxyl groups excluding tert-OH is 7. The SMILES string of the molecule is COC(O)C(O)C(O)C(CC=O)CC1OC(C(=O)O)C(CC2OC(C(=O)O)C(CC3OC(C(=O)O)C(OC)CC3O)CC2O)C(O)C1O. The van der Waals surface area contributed by atoms with Crippen LogP contribution >= 0.6 is 0 Å². The molecule has 10 N–H and O–H groups in total. The van der Waals surface area contributed by atoms with Gasteiger partial charge in [-0.3, -0.25) is 0 Å². The summed E-state index contributed by atoms with van der Waals surface area (Å²) in [5, 5.41) is 103. The summed E-state index contributed by atoms with van der Waals surface area (Å²) in [6.45, 7) is 0. The summed E-state index contributed by atoms with van der Waals surface area (Å²) < 4.78 is 26.5. The van der Waals surface area contributed by atoms with E-state index in [0.29, 0.717) is 6.29 Å². The van der Waals surface area contributed by atoms with Crippen molar-refractivity contribution in [3.63, 3.8) is 0 Å². The van der Waals surface area contributed by atoms with Crippen molar-refractivity contribution in [2.24, 2.45) is 17.8 Å². The Labute approximate surface area is 274 Å². The van der Waals surface area contributed by atoms with Crippen LogP contribution in [0.2, 0.25) is 0 Å². The highest BCUT2D eigenvalue weighted by Crippen LogP contribution is 2.39. The van der Waals surface area contributed by atoms with Crippen molar-refractivity contribution in [3.8, 4) is 0 Å². The number of carbonyl (C=O) groups excluding carboxylic acids is 1. The first-order valence-corrected chi connectivity index (χ1v) is 15.5. The molecule has 48 heavy (non-hydrogen) atoms. The summed E-state index contributed by atoms with van der Waals surface area (Å²) in [6.07, 6.45) is -23.3. The Morgan fingerprint density at radius 2 is 1.29 bits per heavy atom. The molecule has 276 valence electrons. The third-order valence-corrected chi connectivity index (χ3v) is 9.54. The van der Waals surface area contributed by atoms with Gasteiger partial charge < -0.3 is 79.5 Å². The fourth-order valence-corrected chi connectivity index (χ4v) is 6.87. The molecule has 3 aliphatic rings. The van der Waals surface area contributed by atoms with Crippen LogP contribution in [0.5, 0.6) is 0 Å². The van der Waals surface area contributed by atoms with Crippen molar-refractivity contribution in [1.82, 2.24) is 0 Å². The second kappa shape index (κ2) is 17.5. The lowest BCUT2D eigenvalue weighted by molar-refractivity contribution is -0.234. The number of methoxy groups -OCH3 is 2. The second-order valence-electron chi connectivity index (χ2n) is 12.6. The van der Waals surface area contributed by atoms with Gasteiger partial charge in [-0.05, 0) is 31.6 Å². The van der Waals surface area contributed by atoms with Crippen LogP contribution in [0.4, 0.5) is 0 Å². The van der Waals surface area contributed by atoms with E-state index in [9.17, 15) is 70.2 Å². The maximum Gasteiger partial charge on any atom is 0.335 e. The molecular formula is C29H46O19. The monoisotopic (exact) mass is 698 g/mol. The fourth-order valence-electron chi connectivity index (χ4n) is 6.87. The van der Waals surface area contributed by atoms with E-state index in [1.165, 1.54) is 7.11 Å². The number of carboxylic acid groups (broad SMARTS) is 3. The highest BCUT2D eigenvalue weighted by atomic mass is 16.6. The lowest BCUT2D eigenvalue weighted by Gasteiger charge is -2.46. The van der Waals surface area contributed by atoms with Crippen molar-refractivity contribution in [2.75, 3.05) is 14.2 Å². The molecule has 19 heteroatoms. The number of ether oxygens (including phenoxy) is 5. The molecule has 3 fully saturated rings. The quantitative estimate of drug-likeness (QED) is 0.0543. The minimum atomic E-state index is -1.89. The van der Waals surface area contributed by atoms with Crippen molar-refractivity contribution in [3.05, 3.63) is 0 Å². The molecule has 0 aliphatic carbocycles. The molecule has 0 radical (unpaired) electrons. The molecule has 0 aromatic carbocycles. The first kappa shape index (κ1) is 40.0. The summed E-state index contributed by atoms with van der Waals surface area (Å²) in [5.74, 6) is -8.05. The lowest BCUT2D eigenvalue weighted by atomic mass is 9.76. The van der Waals surface area contributed by atoms with Crippen LogP contribution in [0.3, 0.4) is 0 Å². The Bertz CT molecular complexity index is 1090. The fraction of sp³-hybridized carbons (Fsp3) is 0.862. The van der Waals surface area contributed by atoms with Crippen molar-refractivity contribution >= 4 is 24.2 Å². The van der Waals surface area contributed by atoms with E-state index in [1.54, 1.807) is 0 Å². The van der Waals surface area contributed by atoms with Gasteiger partial charge in [-0.1, -0.05) is 0 Å². The molecular weight excluding hydrogens is 652 g/mol. The van der Waals surface area contributed by atoms with Gasteiger partial charge in [0, 0.05) is 38.9 Å². The van der Waals surface area contributed by atoms with Gasteiger partial charge in [-0.25, -0.2) is 14.4 Å². The van der Waals surface area contributed by atoms with Crippen LogP contribution in [0.15, 0.2) is 0 Å². The minimum absolute atomic E-state index is 0.112. The summed E-state index contributed by atoms with van der Waals surface area (Å²) in [7, 11) is 2.30. The number of hydrogen-bond acceptors (Lipinski definition) is 16. The molecule has 17 atom stereocenters. The molecule has 19 nitrogen and oxygen atoms in total. The summed E-state index contributed by atoms with van der Waals surface area (Å²) in [4.78, 5) is 47.4. The molecule has 3 saturated heterocycles. The van der Waals surface area contributed by atoms with E-state index in [0.717, 1.165) is 7.11 Å². The highest BCUT2D eigenvalue weighted by molar-refractivity contribution is 5.74. The van der Waals surface area contributed by atoms with Gasteiger partial charge in [0.05, 0.1) is 48.8 Å². The average molecular weight is 699 g/mol. The van der Waals surface area contributed by atoms with Gasteiger partial charge in [-0.15, -0.1) is 0 Å². The van der Waals surface area contributed by atoms with Gasteiger partial charge in [0.1, 0.15) is 18.5 Å². The van der Waals surface area contributed by atoms with Gasteiger partial charge in [0.15, 0.2) is 24.6 Å². The van der Waals surface area contributed by atoms with E-state index in [1.807, 2.05) is 0 Å². The van der Waals surface area contributed by atoms with Crippen LogP contribution in [0.25, 0.3) is 0 Å². The van der Waals surface area contributed by atoms with Crippen LogP contribution in [-0.4, -0.2) is 175 Å². The maximum absolute atomic E-state index is 12.3. The number of carbonyl (C=O) groups is 4. The number of rotatable bonds is 16. The third-order valence-electron chi connectivity index (χ3n) is 9.54. The number of aliphatic hydroxyl groups is 7. The topological polar surface area (TPSA) is 317 Å². The highest BCUT2D eigenvalue weighted by Gasteiger charge is 2.52. The molecule has 0 aromatic rings. The lowest BCUT2D eigenvalue weighted by Crippen LogP contribution is -2.59. The molecule has 3 rings (SSSR count). The standard InChI is InChI=1S/C29H46O19/c1-44-18-9-14(32)15(47-25(18)28(41)42)7-11-5-13(31)16(46-23(11)26(37)38)8-12-20(34)21(35)17(48-24(12)27(39)40)6-10(3-4-30)19(33)22(36)29(43)45-2/h4,10-25,29,31-36,43H,3,5-9H2,1-2H3,(H,37,38)(H,39,40)(H,41,42). The zero-order valence-electron chi connectivity index (χ0n) is 26.3. The van der Waals surface area contributed by atoms with Crippen LogP contribution < -0.4 is 0 Å². The number of aliphatic carboxylic acids is 3. The van der Waals surface area contributed by atoms with E-state index < -0.39 is 141 Å².